The molecule has 2 rings (SSSR count). The van der Waals surface area contributed by atoms with Gasteiger partial charge >= 0.3 is 12.1 Å². The first-order valence-electron chi connectivity index (χ1n) is 6.36. The second-order valence-electron chi connectivity index (χ2n) is 5.09. The van der Waals surface area contributed by atoms with Gasteiger partial charge in [0.1, 0.15) is 5.15 Å². The first kappa shape index (κ1) is 16.0. The summed E-state index contributed by atoms with van der Waals surface area (Å²) in [4.78, 5) is 28.1. The molecule has 0 atom stereocenters. The highest BCUT2D eigenvalue weighted by atomic mass is 79.9. The smallest absolute Gasteiger partial charge is 0.407 e. The molecule has 0 bridgehead atoms. The zero-order chi connectivity index (χ0) is 15.6. The van der Waals surface area contributed by atoms with Crippen LogP contribution in [0.15, 0.2) is 16.6 Å². The normalized spacial score (nSPS) is 17.5. The quantitative estimate of drug-likeness (QED) is 0.790. The van der Waals surface area contributed by atoms with E-state index in [0.717, 1.165) is 0 Å². The summed E-state index contributed by atoms with van der Waals surface area (Å²) in [6.07, 6.45) is -0.280. The van der Waals surface area contributed by atoms with Gasteiger partial charge in [0.15, 0.2) is 0 Å². The highest BCUT2D eigenvalue weighted by molar-refractivity contribution is 9.10. The van der Waals surface area contributed by atoms with E-state index in [1.807, 2.05) is 0 Å². The topological polar surface area (TPSA) is 90.7 Å². The maximum absolute atomic E-state index is 11.7. The highest BCUT2D eigenvalue weighted by Crippen LogP contribution is 2.37. The molecule has 0 spiro atoms. The van der Waals surface area contributed by atoms with Crippen molar-refractivity contribution >= 4 is 39.6 Å². The number of hydrogen-bond donors (Lipinski definition) is 2. The van der Waals surface area contributed by atoms with Gasteiger partial charge in [0.25, 0.3) is 0 Å². The number of carbonyl (C=O) groups is 2. The van der Waals surface area contributed by atoms with Crippen LogP contribution in [-0.4, -0.2) is 45.2 Å². The first-order chi connectivity index (χ1) is 9.84. The summed E-state index contributed by atoms with van der Waals surface area (Å²) in [5, 5.41) is 18.9. The Bertz CT molecular complexity index is 573. The predicted molar refractivity (Wildman–Crippen MR) is 79.6 cm³/mol. The van der Waals surface area contributed by atoms with Crippen molar-refractivity contribution in [1.82, 2.24) is 9.88 Å². The fourth-order valence-electron chi connectivity index (χ4n) is 2.49. The third kappa shape index (κ3) is 3.47. The average molecular weight is 378 g/mol. The minimum absolute atomic E-state index is 0.208. The van der Waals surface area contributed by atoms with E-state index in [4.69, 9.17) is 16.7 Å². The molecule has 1 aromatic heterocycles. The number of piperidine rings is 1. The number of aliphatic carboxylic acids is 1. The molecule has 1 aromatic rings. The Labute approximate surface area is 134 Å². The van der Waals surface area contributed by atoms with Crippen LogP contribution >= 0.6 is 27.5 Å². The third-order valence-electron chi connectivity index (χ3n) is 3.84. The van der Waals surface area contributed by atoms with Crippen molar-refractivity contribution < 1.29 is 19.8 Å². The minimum Gasteiger partial charge on any atom is -0.481 e. The number of pyridine rings is 1. The number of likely N-dealkylation sites (tertiary alicyclic amines) is 1. The Morgan fingerprint density at radius 3 is 2.48 bits per heavy atom. The second kappa shape index (κ2) is 6.19. The summed E-state index contributed by atoms with van der Waals surface area (Å²) in [6, 6.07) is 3.35. The van der Waals surface area contributed by atoms with Gasteiger partial charge in [-0.2, -0.15) is 0 Å². The Kier molecular flexibility index (Phi) is 4.73. The Morgan fingerprint density at radius 2 is 1.95 bits per heavy atom. The van der Waals surface area contributed by atoms with Crippen molar-refractivity contribution in [3.63, 3.8) is 0 Å². The lowest BCUT2D eigenvalue weighted by Crippen LogP contribution is -2.47. The third-order valence-corrected chi connectivity index (χ3v) is 4.77. The lowest BCUT2D eigenvalue weighted by molar-refractivity contribution is -0.151. The van der Waals surface area contributed by atoms with Crippen LogP contribution in [0.25, 0.3) is 0 Å². The largest absolute Gasteiger partial charge is 0.481 e. The standard InChI is InChI=1S/C13H14BrClN2O4/c14-8-1-2-10(15)16-9(8)7-13(11(18)19)3-5-17(6-4-13)12(20)21/h1-2H,3-7H2,(H,18,19)(H,20,21). The molecule has 2 N–H and O–H groups in total. The van der Waals surface area contributed by atoms with Gasteiger partial charge in [-0.25, -0.2) is 9.78 Å². The number of halogens is 2. The minimum atomic E-state index is -1.02. The number of carboxylic acid groups (broad SMARTS) is 2. The highest BCUT2D eigenvalue weighted by Gasteiger charge is 2.43. The summed E-state index contributed by atoms with van der Waals surface area (Å²) < 4.78 is 0.702. The van der Waals surface area contributed by atoms with Crippen LogP contribution in [0.5, 0.6) is 0 Å². The van der Waals surface area contributed by atoms with E-state index in [1.54, 1.807) is 12.1 Å². The number of hydrogen-bond acceptors (Lipinski definition) is 3. The van der Waals surface area contributed by atoms with E-state index in [9.17, 15) is 14.7 Å². The zero-order valence-electron chi connectivity index (χ0n) is 11.1. The van der Waals surface area contributed by atoms with Crippen molar-refractivity contribution in [2.45, 2.75) is 19.3 Å². The zero-order valence-corrected chi connectivity index (χ0v) is 13.4. The molecule has 21 heavy (non-hydrogen) atoms. The van der Waals surface area contributed by atoms with Gasteiger partial charge in [-0.1, -0.05) is 11.6 Å². The maximum atomic E-state index is 11.7. The molecule has 8 heteroatoms. The molecule has 0 saturated carbocycles. The van der Waals surface area contributed by atoms with Gasteiger partial charge < -0.3 is 15.1 Å². The van der Waals surface area contributed by atoms with Gasteiger partial charge in [-0.15, -0.1) is 0 Å². The Hall–Kier alpha value is -1.34. The van der Waals surface area contributed by atoms with Crippen LogP contribution in [0.2, 0.25) is 5.15 Å². The first-order valence-corrected chi connectivity index (χ1v) is 7.53. The van der Waals surface area contributed by atoms with Crippen molar-refractivity contribution in [3.05, 3.63) is 27.5 Å². The summed E-state index contributed by atoms with van der Waals surface area (Å²) in [6.45, 7) is 0.416. The predicted octanol–water partition coefficient (Wildman–Crippen LogP) is 2.88. The van der Waals surface area contributed by atoms with Crippen LogP contribution in [-0.2, 0) is 11.2 Å². The van der Waals surface area contributed by atoms with Crippen LogP contribution in [0.1, 0.15) is 18.5 Å². The maximum Gasteiger partial charge on any atom is 0.407 e. The lowest BCUT2D eigenvalue weighted by atomic mass is 9.75. The summed E-state index contributed by atoms with van der Waals surface area (Å²) in [5.41, 5.74) is -0.430. The second-order valence-corrected chi connectivity index (χ2v) is 6.34. The molecule has 114 valence electrons. The molecule has 0 aromatic carbocycles. The molecular formula is C13H14BrClN2O4. The molecule has 2 heterocycles. The van der Waals surface area contributed by atoms with Gasteiger partial charge in [-0.05, 0) is 40.9 Å². The lowest BCUT2D eigenvalue weighted by Gasteiger charge is -2.37. The molecule has 1 saturated heterocycles. The number of nitrogens with zero attached hydrogens (tertiary/aromatic N) is 2. The number of amides is 1. The van der Waals surface area contributed by atoms with Crippen molar-refractivity contribution in [2.75, 3.05) is 13.1 Å². The van der Waals surface area contributed by atoms with Crippen molar-refractivity contribution in [3.8, 4) is 0 Å². The molecule has 1 amide bonds. The van der Waals surface area contributed by atoms with Crippen LogP contribution in [0, 0.1) is 5.41 Å². The van der Waals surface area contributed by atoms with Crippen molar-refractivity contribution in [2.24, 2.45) is 5.41 Å². The molecular weight excluding hydrogens is 364 g/mol. The summed E-state index contributed by atoms with van der Waals surface area (Å²) >= 11 is 9.21. The van der Waals surface area contributed by atoms with Crippen LogP contribution in [0.3, 0.4) is 0 Å². The van der Waals surface area contributed by atoms with Gasteiger partial charge in [0.2, 0.25) is 0 Å². The number of rotatable bonds is 3. The van der Waals surface area contributed by atoms with E-state index in [2.05, 4.69) is 20.9 Å². The molecule has 1 aliphatic heterocycles. The average Bonchev–Trinajstić information content (AvgIpc) is 2.43. The molecule has 1 aliphatic rings. The van der Waals surface area contributed by atoms with E-state index >= 15 is 0 Å². The van der Waals surface area contributed by atoms with E-state index in [0.29, 0.717) is 15.3 Å². The SMILES string of the molecule is O=C(O)N1CCC(Cc2nc(Cl)ccc2Br)(C(=O)O)CC1. The number of carboxylic acids is 1. The van der Waals surface area contributed by atoms with E-state index in [1.165, 1.54) is 4.90 Å². The van der Waals surface area contributed by atoms with Crippen molar-refractivity contribution in [1.29, 1.82) is 0 Å². The van der Waals surface area contributed by atoms with Gasteiger partial charge in [0, 0.05) is 24.0 Å². The monoisotopic (exact) mass is 376 g/mol. The fourth-order valence-corrected chi connectivity index (χ4v) is 3.02. The van der Waals surface area contributed by atoms with E-state index < -0.39 is 17.5 Å². The Balaban J connectivity index is 2.22. The van der Waals surface area contributed by atoms with Gasteiger partial charge in [0.05, 0.1) is 11.1 Å². The molecule has 1 fully saturated rings. The fraction of sp³-hybridized carbons (Fsp3) is 0.462. The molecule has 0 aliphatic carbocycles. The number of aromatic nitrogens is 1. The molecule has 0 radical (unpaired) electrons. The van der Waals surface area contributed by atoms with Gasteiger partial charge in [-0.3, -0.25) is 4.79 Å². The van der Waals surface area contributed by atoms with Crippen LogP contribution in [0.4, 0.5) is 4.79 Å². The van der Waals surface area contributed by atoms with E-state index in [-0.39, 0.29) is 32.4 Å². The molecule has 0 unspecified atom stereocenters. The molecule has 6 nitrogen and oxygen atoms in total. The summed E-state index contributed by atoms with van der Waals surface area (Å²) in [5.74, 6) is -0.929. The summed E-state index contributed by atoms with van der Waals surface area (Å²) in [7, 11) is 0. The van der Waals surface area contributed by atoms with Crippen LogP contribution < -0.4 is 0 Å². The Morgan fingerprint density at radius 1 is 1.33 bits per heavy atom.